The second-order valence-corrected chi connectivity index (χ2v) is 8.45. The maximum Gasteiger partial charge on any atom is 0.226 e. The summed E-state index contributed by atoms with van der Waals surface area (Å²) in [7, 11) is 0. The van der Waals surface area contributed by atoms with E-state index in [1.165, 1.54) is 12.8 Å². The number of carbonyl (C=O) groups is 1. The molecule has 1 aromatic carbocycles. The van der Waals surface area contributed by atoms with Crippen LogP contribution in [0.3, 0.4) is 0 Å². The van der Waals surface area contributed by atoms with Gasteiger partial charge in [0.05, 0.1) is 10.0 Å². The van der Waals surface area contributed by atoms with Crippen LogP contribution in [0.1, 0.15) is 38.2 Å². The highest BCUT2D eigenvalue weighted by Crippen LogP contribution is 2.25. The molecule has 0 bridgehead atoms. The lowest BCUT2D eigenvalue weighted by Gasteiger charge is -2.33. The summed E-state index contributed by atoms with van der Waals surface area (Å²) in [5.74, 6) is 0.399. The van der Waals surface area contributed by atoms with E-state index in [-0.39, 0.29) is 24.2 Å². The summed E-state index contributed by atoms with van der Waals surface area (Å²) in [6, 6.07) is 6.07. The Hall–Kier alpha value is -0.520. The lowest BCUT2D eigenvalue weighted by atomic mass is 9.92. The zero-order chi connectivity index (χ0) is 18.5. The molecule has 0 aliphatic carbocycles. The van der Waals surface area contributed by atoms with Crippen LogP contribution in [0.5, 0.6) is 0 Å². The van der Waals surface area contributed by atoms with Crippen molar-refractivity contribution in [2.75, 3.05) is 32.7 Å². The van der Waals surface area contributed by atoms with Crippen molar-refractivity contribution in [2.24, 2.45) is 5.92 Å². The molecule has 2 aliphatic rings. The summed E-state index contributed by atoms with van der Waals surface area (Å²) in [5, 5.41) is 4.54. The van der Waals surface area contributed by atoms with Gasteiger partial charge in [-0.05, 0) is 69.9 Å². The molecule has 1 N–H and O–H groups in total. The molecule has 27 heavy (non-hydrogen) atoms. The Labute approximate surface area is 179 Å². The van der Waals surface area contributed by atoms with Gasteiger partial charge in [0.2, 0.25) is 5.91 Å². The Bertz CT molecular complexity index is 622. The molecule has 0 aromatic heterocycles. The van der Waals surface area contributed by atoms with Crippen molar-refractivity contribution >= 4 is 41.5 Å². The zero-order valence-corrected chi connectivity index (χ0v) is 18.3. The lowest BCUT2D eigenvalue weighted by molar-refractivity contribution is -0.137. The minimum atomic E-state index is 0. The highest BCUT2D eigenvalue weighted by molar-refractivity contribution is 6.42. The van der Waals surface area contributed by atoms with Gasteiger partial charge in [-0.2, -0.15) is 0 Å². The second kappa shape index (κ2) is 10.9. The van der Waals surface area contributed by atoms with E-state index in [0.29, 0.717) is 22.6 Å². The van der Waals surface area contributed by atoms with Crippen molar-refractivity contribution < 1.29 is 4.79 Å². The maximum absolute atomic E-state index is 13.2. The summed E-state index contributed by atoms with van der Waals surface area (Å²) >= 11 is 12.2. The van der Waals surface area contributed by atoms with Crippen LogP contribution in [0.4, 0.5) is 0 Å². The van der Waals surface area contributed by atoms with E-state index in [1.54, 1.807) is 0 Å². The number of likely N-dealkylation sites (tertiary alicyclic amines) is 1. The van der Waals surface area contributed by atoms with Crippen LogP contribution in [0.25, 0.3) is 0 Å². The fraction of sp³-hybridized carbons (Fsp3) is 0.650. The molecule has 0 saturated carbocycles. The van der Waals surface area contributed by atoms with Gasteiger partial charge < -0.3 is 15.1 Å². The van der Waals surface area contributed by atoms with Gasteiger partial charge in [-0.25, -0.2) is 0 Å². The van der Waals surface area contributed by atoms with E-state index in [4.69, 9.17) is 23.2 Å². The first kappa shape index (κ1) is 22.8. The molecule has 152 valence electrons. The molecule has 0 radical (unpaired) electrons. The highest BCUT2D eigenvalue weighted by atomic mass is 35.5. The number of benzene rings is 1. The number of hydrogen-bond donors (Lipinski definition) is 1. The van der Waals surface area contributed by atoms with Crippen molar-refractivity contribution in [1.29, 1.82) is 0 Å². The summed E-state index contributed by atoms with van der Waals surface area (Å²) in [4.78, 5) is 17.7. The molecule has 0 spiro atoms. The predicted octanol–water partition coefficient (Wildman–Crippen LogP) is 4.23. The highest BCUT2D eigenvalue weighted by Gasteiger charge is 2.29. The fourth-order valence-electron chi connectivity index (χ4n) is 4.01. The van der Waals surface area contributed by atoms with E-state index < -0.39 is 0 Å². The van der Waals surface area contributed by atoms with Gasteiger partial charge in [-0.1, -0.05) is 29.3 Å². The topological polar surface area (TPSA) is 35.6 Å². The van der Waals surface area contributed by atoms with Gasteiger partial charge >= 0.3 is 0 Å². The van der Waals surface area contributed by atoms with Gasteiger partial charge in [-0.3, -0.25) is 4.79 Å². The van der Waals surface area contributed by atoms with Crippen LogP contribution in [0.2, 0.25) is 10.0 Å². The lowest BCUT2D eigenvalue weighted by Crippen LogP contribution is -2.45. The van der Waals surface area contributed by atoms with Crippen molar-refractivity contribution in [3.8, 4) is 0 Å². The first-order valence-corrected chi connectivity index (χ1v) is 10.5. The Morgan fingerprint density at radius 2 is 2.00 bits per heavy atom. The van der Waals surface area contributed by atoms with Gasteiger partial charge in [-0.15, -0.1) is 12.4 Å². The summed E-state index contributed by atoms with van der Waals surface area (Å²) < 4.78 is 0. The van der Waals surface area contributed by atoms with E-state index >= 15 is 0 Å². The van der Waals surface area contributed by atoms with Crippen LogP contribution < -0.4 is 5.32 Å². The quantitative estimate of drug-likeness (QED) is 0.728. The van der Waals surface area contributed by atoms with E-state index in [9.17, 15) is 4.79 Å². The molecule has 7 heteroatoms. The Morgan fingerprint density at radius 1 is 1.26 bits per heavy atom. The van der Waals surface area contributed by atoms with Gasteiger partial charge in [0.15, 0.2) is 0 Å². The molecule has 1 aromatic rings. The number of halogens is 3. The first-order valence-electron chi connectivity index (χ1n) is 9.71. The van der Waals surface area contributed by atoms with Crippen LogP contribution in [-0.2, 0) is 11.3 Å². The number of nitrogens with zero attached hydrogens (tertiary/aromatic N) is 2. The maximum atomic E-state index is 13.2. The van der Waals surface area contributed by atoms with Gasteiger partial charge in [0.1, 0.15) is 0 Å². The van der Waals surface area contributed by atoms with Crippen LogP contribution in [-0.4, -0.2) is 54.5 Å². The minimum Gasteiger partial charge on any atom is -0.337 e. The van der Waals surface area contributed by atoms with E-state index in [1.807, 2.05) is 23.1 Å². The average molecular weight is 435 g/mol. The second-order valence-electron chi connectivity index (χ2n) is 7.63. The Balaban J connectivity index is 0.00000261. The van der Waals surface area contributed by atoms with E-state index in [2.05, 4.69) is 17.1 Å². The zero-order valence-electron chi connectivity index (χ0n) is 15.9. The van der Waals surface area contributed by atoms with Crippen LogP contribution >= 0.6 is 35.6 Å². The Kier molecular flexibility index (Phi) is 9.17. The molecular formula is C20H30Cl3N3O. The largest absolute Gasteiger partial charge is 0.337 e. The SMILES string of the molecule is C[C@H]1C[C@@H](C(=O)N(CCN2CCCC2)Cc2ccc(Cl)c(Cl)c2)CCN1.Cl. The standard InChI is InChI=1S/C20H29Cl2N3O.ClH/c1-15-12-17(6-7-23-15)20(26)25(11-10-24-8-2-3-9-24)14-16-4-5-18(21)19(22)13-16;/h4-5,13,15,17,23H,2-3,6-12,14H2,1H3;1H/t15-,17-;/m0./s1. The molecular weight excluding hydrogens is 405 g/mol. The number of rotatable bonds is 6. The minimum absolute atomic E-state index is 0. The van der Waals surface area contributed by atoms with Crippen LogP contribution in [0, 0.1) is 5.92 Å². The van der Waals surface area contributed by atoms with Crippen LogP contribution in [0.15, 0.2) is 18.2 Å². The van der Waals surface area contributed by atoms with Gasteiger partial charge in [0, 0.05) is 31.6 Å². The number of amides is 1. The molecule has 2 heterocycles. The normalized spacial score (nSPS) is 23.1. The van der Waals surface area contributed by atoms with Crippen molar-refractivity contribution in [3.05, 3.63) is 33.8 Å². The first-order chi connectivity index (χ1) is 12.5. The molecule has 2 aliphatic heterocycles. The predicted molar refractivity (Wildman–Crippen MR) is 115 cm³/mol. The molecule has 2 atom stereocenters. The number of hydrogen-bond acceptors (Lipinski definition) is 3. The Morgan fingerprint density at radius 3 is 2.67 bits per heavy atom. The van der Waals surface area contributed by atoms with Gasteiger partial charge in [0.25, 0.3) is 0 Å². The number of nitrogens with one attached hydrogen (secondary N) is 1. The van der Waals surface area contributed by atoms with Crippen molar-refractivity contribution in [2.45, 2.75) is 45.2 Å². The third-order valence-corrected chi connectivity index (χ3v) is 6.27. The molecule has 2 fully saturated rings. The van der Waals surface area contributed by atoms with Crippen molar-refractivity contribution in [3.63, 3.8) is 0 Å². The monoisotopic (exact) mass is 433 g/mol. The molecule has 0 unspecified atom stereocenters. The number of carbonyl (C=O) groups excluding carboxylic acids is 1. The molecule has 1 amide bonds. The molecule has 2 saturated heterocycles. The number of piperidine rings is 1. The third kappa shape index (κ3) is 6.50. The summed E-state index contributed by atoms with van der Waals surface area (Å²) in [6.07, 6.45) is 4.38. The third-order valence-electron chi connectivity index (χ3n) is 5.53. The molecule has 3 rings (SSSR count). The van der Waals surface area contributed by atoms with E-state index in [0.717, 1.165) is 51.1 Å². The fourth-order valence-corrected chi connectivity index (χ4v) is 4.33. The van der Waals surface area contributed by atoms with Crippen molar-refractivity contribution in [1.82, 2.24) is 15.1 Å². The summed E-state index contributed by atoms with van der Waals surface area (Å²) in [5.41, 5.74) is 1.04. The smallest absolute Gasteiger partial charge is 0.226 e. The molecule has 4 nitrogen and oxygen atoms in total. The summed E-state index contributed by atoms with van der Waals surface area (Å²) in [6.45, 7) is 7.71. The average Bonchev–Trinajstić information content (AvgIpc) is 3.14.